The van der Waals surface area contributed by atoms with Crippen LogP contribution in [0, 0.1) is 0 Å². The highest BCUT2D eigenvalue weighted by molar-refractivity contribution is 5.88. The third-order valence-corrected chi connectivity index (χ3v) is 3.75. The van der Waals surface area contributed by atoms with Crippen LogP contribution in [0.2, 0.25) is 0 Å². The summed E-state index contributed by atoms with van der Waals surface area (Å²) in [5.74, 6) is 0.545. The predicted molar refractivity (Wildman–Crippen MR) is 89.8 cm³/mol. The van der Waals surface area contributed by atoms with E-state index in [9.17, 15) is 4.79 Å². The number of amides is 1. The number of benzene rings is 2. The molecule has 0 saturated heterocycles. The summed E-state index contributed by atoms with van der Waals surface area (Å²) in [5.41, 5.74) is 0.969. The van der Waals surface area contributed by atoms with Crippen LogP contribution in [0.25, 0.3) is 10.8 Å². The number of carbonyl (C=O) groups is 1. The van der Waals surface area contributed by atoms with Gasteiger partial charge in [-0.1, -0.05) is 24.3 Å². The number of aliphatic hydroxyl groups is 1. The molecule has 2 aromatic carbocycles. The average molecular weight is 317 g/mol. The van der Waals surface area contributed by atoms with Crippen LogP contribution in [-0.4, -0.2) is 44.5 Å². The lowest BCUT2D eigenvalue weighted by Crippen LogP contribution is -2.31. The summed E-state index contributed by atoms with van der Waals surface area (Å²) in [6, 6.07) is 11.9. The van der Waals surface area contributed by atoms with Crippen LogP contribution in [0.1, 0.15) is 18.4 Å². The van der Waals surface area contributed by atoms with Crippen molar-refractivity contribution in [2.24, 2.45) is 0 Å². The second-order valence-electron chi connectivity index (χ2n) is 5.32. The van der Waals surface area contributed by atoms with E-state index >= 15 is 0 Å². The summed E-state index contributed by atoms with van der Waals surface area (Å²) in [6.07, 6.45) is 0. The third-order valence-electron chi connectivity index (χ3n) is 3.75. The maximum Gasteiger partial charge on any atom is 0.227 e. The Hall–Kier alpha value is -2.11. The van der Waals surface area contributed by atoms with Gasteiger partial charge in [0.15, 0.2) is 0 Å². The van der Waals surface area contributed by atoms with Crippen LogP contribution in [0.15, 0.2) is 36.4 Å². The summed E-state index contributed by atoms with van der Waals surface area (Å²) in [4.78, 5) is 12.2. The van der Waals surface area contributed by atoms with E-state index < -0.39 is 0 Å². The number of hydrogen-bond acceptors (Lipinski definition) is 4. The molecule has 0 aromatic heterocycles. The maximum absolute atomic E-state index is 12.2. The predicted octanol–water partition coefficient (Wildman–Crippen LogP) is 2.08. The molecule has 0 unspecified atom stereocenters. The van der Waals surface area contributed by atoms with Crippen molar-refractivity contribution in [3.63, 3.8) is 0 Å². The summed E-state index contributed by atoms with van der Waals surface area (Å²) >= 11 is 0. The summed E-state index contributed by atoms with van der Waals surface area (Å²) in [7, 11) is 1.65. The lowest BCUT2D eigenvalue weighted by atomic mass is 9.97. The van der Waals surface area contributed by atoms with Crippen molar-refractivity contribution in [1.29, 1.82) is 0 Å². The highest BCUT2D eigenvalue weighted by atomic mass is 16.5. The number of hydrogen-bond donors (Lipinski definition) is 2. The van der Waals surface area contributed by atoms with Crippen LogP contribution in [0.4, 0.5) is 0 Å². The van der Waals surface area contributed by atoms with Gasteiger partial charge in [0.25, 0.3) is 0 Å². The molecule has 5 heteroatoms. The lowest BCUT2D eigenvalue weighted by molar-refractivity contribution is -0.122. The number of methoxy groups -OCH3 is 1. The molecule has 2 rings (SSSR count). The van der Waals surface area contributed by atoms with Crippen LogP contribution < -0.4 is 10.1 Å². The molecule has 2 aromatic rings. The molecule has 5 nitrogen and oxygen atoms in total. The molecule has 0 spiro atoms. The molecule has 0 fully saturated rings. The molecule has 23 heavy (non-hydrogen) atoms. The Balaban J connectivity index is 1.99. The Kier molecular flexibility index (Phi) is 6.38. The normalized spacial score (nSPS) is 12.1. The van der Waals surface area contributed by atoms with E-state index in [1.165, 1.54) is 0 Å². The Morgan fingerprint density at radius 1 is 1.17 bits per heavy atom. The number of carbonyl (C=O) groups excluding carboxylic acids is 1. The Labute approximate surface area is 136 Å². The van der Waals surface area contributed by atoms with Gasteiger partial charge in [-0.05, 0) is 35.4 Å². The van der Waals surface area contributed by atoms with Crippen molar-refractivity contribution >= 4 is 16.7 Å². The number of ether oxygens (including phenoxy) is 2. The molecule has 0 aliphatic heterocycles. The van der Waals surface area contributed by atoms with Crippen molar-refractivity contribution < 1.29 is 19.4 Å². The van der Waals surface area contributed by atoms with E-state index in [2.05, 4.69) is 5.32 Å². The first kappa shape index (κ1) is 17.2. The van der Waals surface area contributed by atoms with Crippen molar-refractivity contribution in [3.8, 4) is 5.75 Å². The number of rotatable bonds is 8. The zero-order chi connectivity index (χ0) is 16.7. The van der Waals surface area contributed by atoms with E-state index in [-0.39, 0.29) is 18.4 Å². The van der Waals surface area contributed by atoms with Crippen LogP contribution >= 0.6 is 0 Å². The molecule has 2 N–H and O–H groups in total. The van der Waals surface area contributed by atoms with Gasteiger partial charge in [0.2, 0.25) is 5.91 Å². The second kappa shape index (κ2) is 8.50. The van der Waals surface area contributed by atoms with E-state index in [0.717, 1.165) is 22.1 Å². The fraction of sp³-hybridized carbons (Fsp3) is 0.389. The maximum atomic E-state index is 12.2. The average Bonchev–Trinajstić information content (AvgIpc) is 2.59. The van der Waals surface area contributed by atoms with Gasteiger partial charge in [-0.15, -0.1) is 0 Å². The number of aliphatic hydroxyl groups excluding tert-OH is 1. The van der Waals surface area contributed by atoms with Gasteiger partial charge in [0, 0.05) is 6.54 Å². The molecule has 0 radical (unpaired) electrons. The van der Waals surface area contributed by atoms with Gasteiger partial charge in [0.05, 0.1) is 32.8 Å². The Morgan fingerprint density at radius 2 is 1.91 bits per heavy atom. The minimum absolute atomic E-state index is 0.00771. The molecule has 0 saturated carbocycles. The van der Waals surface area contributed by atoms with E-state index in [1.807, 2.05) is 43.3 Å². The van der Waals surface area contributed by atoms with Crippen molar-refractivity contribution in [2.45, 2.75) is 12.8 Å². The first-order valence-corrected chi connectivity index (χ1v) is 7.69. The van der Waals surface area contributed by atoms with Gasteiger partial charge in [-0.2, -0.15) is 0 Å². The largest absolute Gasteiger partial charge is 0.497 e. The van der Waals surface area contributed by atoms with Gasteiger partial charge in [-0.25, -0.2) is 0 Å². The zero-order valence-corrected chi connectivity index (χ0v) is 13.5. The van der Waals surface area contributed by atoms with Gasteiger partial charge in [0.1, 0.15) is 5.75 Å². The van der Waals surface area contributed by atoms with Gasteiger partial charge < -0.3 is 19.9 Å². The SMILES string of the molecule is COc1ccc2cc([C@@H](C)C(=O)NCCOCCO)ccc2c1. The Morgan fingerprint density at radius 3 is 2.65 bits per heavy atom. The first-order chi connectivity index (χ1) is 11.2. The molecular weight excluding hydrogens is 294 g/mol. The standard InChI is InChI=1S/C18H23NO4/c1-13(18(21)19-7-9-23-10-8-20)14-3-4-16-12-17(22-2)6-5-15(16)11-14/h3-6,11-13,20H,7-10H2,1-2H3,(H,19,21)/t13-/m1/s1. The minimum atomic E-state index is -0.237. The van der Waals surface area contributed by atoms with Gasteiger partial charge in [-0.3, -0.25) is 4.79 Å². The fourth-order valence-electron chi connectivity index (χ4n) is 2.36. The monoisotopic (exact) mass is 317 g/mol. The van der Waals surface area contributed by atoms with E-state index in [1.54, 1.807) is 7.11 Å². The van der Waals surface area contributed by atoms with Gasteiger partial charge >= 0.3 is 0 Å². The smallest absolute Gasteiger partial charge is 0.227 e. The summed E-state index contributed by atoms with van der Waals surface area (Å²) in [6.45, 7) is 3.00. The fourth-order valence-corrected chi connectivity index (χ4v) is 2.36. The minimum Gasteiger partial charge on any atom is -0.497 e. The van der Waals surface area contributed by atoms with E-state index in [0.29, 0.717) is 19.8 Å². The molecule has 0 aliphatic carbocycles. The van der Waals surface area contributed by atoms with Crippen LogP contribution in [-0.2, 0) is 9.53 Å². The highest BCUT2D eigenvalue weighted by Crippen LogP contribution is 2.25. The van der Waals surface area contributed by atoms with Crippen molar-refractivity contribution in [2.75, 3.05) is 33.5 Å². The Bertz CT molecular complexity index is 657. The molecule has 0 aliphatic rings. The molecule has 0 heterocycles. The lowest BCUT2D eigenvalue weighted by Gasteiger charge is -2.13. The molecular formula is C18H23NO4. The topological polar surface area (TPSA) is 67.8 Å². The first-order valence-electron chi connectivity index (χ1n) is 7.69. The summed E-state index contributed by atoms with van der Waals surface area (Å²) < 4.78 is 10.3. The summed E-state index contributed by atoms with van der Waals surface area (Å²) in [5, 5.41) is 13.6. The molecule has 124 valence electrons. The van der Waals surface area contributed by atoms with Crippen molar-refractivity contribution in [1.82, 2.24) is 5.32 Å². The van der Waals surface area contributed by atoms with Crippen molar-refractivity contribution in [3.05, 3.63) is 42.0 Å². The van der Waals surface area contributed by atoms with Crippen LogP contribution in [0.5, 0.6) is 5.75 Å². The zero-order valence-electron chi connectivity index (χ0n) is 13.5. The highest BCUT2D eigenvalue weighted by Gasteiger charge is 2.15. The molecule has 0 bridgehead atoms. The third kappa shape index (κ3) is 4.68. The molecule has 1 amide bonds. The second-order valence-corrected chi connectivity index (χ2v) is 5.32. The van der Waals surface area contributed by atoms with Crippen LogP contribution in [0.3, 0.4) is 0 Å². The molecule has 1 atom stereocenters. The van der Waals surface area contributed by atoms with E-state index in [4.69, 9.17) is 14.6 Å². The quantitative estimate of drug-likeness (QED) is 0.732. The number of fused-ring (bicyclic) bond motifs is 1. The number of nitrogens with one attached hydrogen (secondary N) is 1.